The maximum atomic E-state index is 12.6. The summed E-state index contributed by atoms with van der Waals surface area (Å²) in [6.45, 7) is 5.27. The van der Waals surface area contributed by atoms with E-state index in [0.717, 1.165) is 76.3 Å². The second-order valence-electron chi connectivity index (χ2n) is 9.04. The van der Waals surface area contributed by atoms with Gasteiger partial charge in [0.1, 0.15) is 22.0 Å². The summed E-state index contributed by atoms with van der Waals surface area (Å²) < 4.78 is 6.61. The first-order chi connectivity index (χ1) is 17.2. The van der Waals surface area contributed by atoms with Crippen molar-refractivity contribution in [2.45, 2.75) is 37.6 Å². The number of benzene rings is 1. The van der Waals surface area contributed by atoms with Crippen molar-refractivity contribution in [3.8, 4) is 0 Å². The molecule has 1 N–H and O–H groups in total. The van der Waals surface area contributed by atoms with Crippen LogP contribution in [0.5, 0.6) is 0 Å². The minimum Gasteiger partial charge on any atom is -0.378 e. The van der Waals surface area contributed by atoms with Crippen LogP contribution >= 0.6 is 23.1 Å². The quantitative estimate of drug-likeness (QED) is 0.302. The average Bonchev–Trinajstić information content (AvgIpc) is 3.27. The molecule has 1 aromatic carbocycles. The van der Waals surface area contributed by atoms with E-state index >= 15 is 0 Å². The first-order valence-electron chi connectivity index (χ1n) is 12.1. The molecule has 0 unspecified atom stereocenters. The number of fused-ring (bicyclic) bond motifs is 5. The highest BCUT2D eigenvalue weighted by Gasteiger charge is 2.26. The van der Waals surface area contributed by atoms with Gasteiger partial charge in [-0.3, -0.25) is 4.79 Å². The Hall–Kier alpha value is -2.75. The number of hydrogen-bond donors (Lipinski definition) is 1. The SMILES string of the molecule is Cc1cccc(NC(=O)CSc2ncnc3c2sc2nc(N4CCOCC4)c4c(c23)CCCC4)c1. The summed E-state index contributed by atoms with van der Waals surface area (Å²) in [5, 5.41) is 5.01. The Morgan fingerprint density at radius 1 is 1.17 bits per heavy atom. The van der Waals surface area contributed by atoms with Gasteiger partial charge >= 0.3 is 0 Å². The molecule has 1 amide bonds. The van der Waals surface area contributed by atoms with Crippen LogP contribution in [-0.4, -0.2) is 52.9 Å². The lowest BCUT2D eigenvalue weighted by molar-refractivity contribution is -0.113. The molecule has 35 heavy (non-hydrogen) atoms. The third kappa shape index (κ3) is 4.48. The number of thioether (sulfide) groups is 1. The first-order valence-corrected chi connectivity index (χ1v) is 13.9. The number of anilines is 2. The molecule has 0 spiro atoms. The highest BCUT2D eigenvalue weighted by molar-refractivity contribution is 8.00. The van der Waals surface area contributed by atoms with Crippen LogP contribution in [0.25, 0.3) is 20.4 Å². The highest BCUT2D eigenvalue weighted by atomic mass is 32.2. The molecule has 4 heterocycles. The molecule has 4 aromatic rings. The fraction of sp³-hybridized carbons (Fsp3) is 0.385. The zero-order valence-corrected chi connectivity index (χ0v) is 21.3. The number of morpholine rings is 1. The minimum absolute atomic E-state index is 0.0430. The fourth-order valence-corrected chi connectivity index (χ4v) is 7.04. The molecule has 1 saturated heterocycles. The molecule has 1 fully saturated rings. The predicted octanol–water partition coefficient (Wildman–Crippen LogP) is 4.99. The lowest BCUT2D eigenvalue weighted by atomic mass is 9.90. The lowest BCUT2D eigenvalue weighted by Crippen LogP contribution is -2.37. The summed E-state index contributed by atoms with van der Waals surface area (Å²) in [5.74, 6) is 1.37. The van der Waals surface area contributed by atoms with Crippen molar-refractivity contribution >= 4 is 60.9 Å². The van der Waals surface area contributed by atoms with Crippen molar-refractivity contribution in [2.75, 3.05) is 42.3 Å². The van der Waals surface area contributed by atoms with Crippen LogP contribution in [0.2, 0.25) is 0 Å². The van der Waals surface area contributed by atoms with E-state index in [-0.39, 0.29) is 5.91 Å². The number of nitrogens with one attached hydrogen (secondary N) is 1. The van der Waals surface area contributed by atoms with Crippen molar-refractivity contribution in [2.24, 2.45) is 0 Å². The second kappa shape index (κ2) is 9.72. The molecule has 6 rings (SSSR count). The van der Waals surface area contributed by atoms with E-state index in [0.29, 0.717) is 5.75 Å². The van der Waals surface area contributed by atoms with E-state index in [1.165, 1.54) is 41.1 Å². The minimum atomic E-state index is -0.0430. The Balaban J connectivity index is 1.34. The van der Waals surface area contributed by atoms with Crippen LogP contribution in [0.3, 0.4) is 0 Å². The van der Waals surface area contributed by atoms with Gasteiger partial charge in [0, 0.05) is 24.2 Å². The predicted molar refractivity (Wildman–Crippen MR) is 143 cm³/mol. The van der Waals surface area contributed by atoms with E-state index in [1.54, 1.807) is 17.7 Å². The molecule has 180 valence electrons. The van der Waals surface area contributed by atoms with Crippen LogP contribution in [0.1, 0.15) is 29.5 Å². The largest absolute Gasteiger partial charge is 0.378 e. The van der Waals surface area contributed by atoms with Crippen molar-refractivity contribution in [1.29, 1.82) is 0 Å². The molecule has 9 heteroatoms. The molecular formula is C26H27N5O2S2. The molecule has 2 aliphatic rings. The smallest absolute Gasteiger partial charge is 0.234 e. The normalized spacial score (nSPS) is 16.0. The van der Waals surface area contributed by atoms with Gasteiger partial charge in [-0.15, -0.1) is 11.3 Å². The average molecular weight is 506 g/mol. The van der Waals surface area contributed by atoms with Gasteiger partial charge < -0.3 is 15.0 Å². The second-order valence-corrected chi connectivity index (χ2v) is 11.0. The third-order valence-corrected chi connectivity index (χ3v) is 8.82. The summed E-state index contributed by atoms with van der Waals surface area (Å²) in [5.41, 5.74) is 5.69. The van der Waals surface area contributed by atoms with Crippen LogP contribution in [-0.2, 0) is 22.4 Å². The van der Waals surface area contributed by atoms with E-state index < -0.39 is 0 Å². The van der Waals surface area contributed by atoms with Crippen LogP contribution in [0, 0.1) is 6.92 Å². The standard InChI is InChI=1S/C26H27N5O2S2/c1-16-5-4-6-17(13-16)29-20(32)14-34-26-23-22(27-15-28-26)21-18-7-2-3-8-19(18)24(30-25(21)35-23)31-9-11-33-12-10-31/h4-6,13,15H,2-3,7-12,14H2,1H3,(H,29,32). The molecule has 1 aliphatic carbocycles. The van der Waals surface area contributed by atoms with E-state index in [1.807, 2.05) is 31.2 Å². The van der Waals surface area contributed by atoms with Crippen molar-refractivity contribution in [1.82, 2.24) is 15.0 Å². The van der Waals surface area contributed by atoms with Crippen LogP contribution in [0.4, 0.5) is 11.5 Å². The number of hydrogen-bond acceptors (Lipinski definition) is 8. The molecule has 0 bridgehead atoms. The number of carbonyl (C=O) groups excluding carboxylic acids is 1. The molecule has 0 radical (unpaired) electrons. The number of pyridine rings is 1. The first kappa shape index (κ1) is 22.7. The van der Waals surface area contributed by atoms with Crippen LogP contribution in [0.15, 0.2) is 35.6 Å². The van der Waals surface area contributed by atoms with Crippen molar-refractivity contribution < 1.29 is 9.53 Å². The Bertz CT molecular complexity index is 1410. The lowest BCUT2D eigenvalue weighted by Gasteiger charge is -2.31. The van der Waals surface area contributed by atoms with Gasteiger partial charge in [0.25, 0.3) is 0 Å². The van der Waals surface area contributed by atoms with Gasteiger partial charge in [0.05, 0.1) is 29.2 Å². The zero-order valence-electron chi connectivity index (χ0n) is 19.7. The number of amides is 1. The number of aryl methyl sites for hydroxylation is 2. The van der Waals surface area contributed by atoms with Gasteiger partial charge in [-0.25, -0.2) is 15.0 Å². The highest BCUT2D eigenvalue weighted by Crippen LogP contribution is 2.43. The summed E-state index contributed by atoms with van der Waals surface area (Å²) in [6.07, 6.45) is 6.14. The summed E-state index contributed by atoms with van der Waals surface area (Å²) in [6, 6.07) is 7.84. The molecular weight excluding hydrogens is 478 g/mol. The molecule has 1 aliphatic heterocycles. The number of nitrogens with zero attached hydrogens (tertiary/aromatic N) is 4. The molecule has 0 saturated carbocycles. The Labute approximate surface area is 212 Å². The fourth-order valence-electron chi connectivity index (χ4n) is 5.01. The number of rotatable bonds is 5. The van der Waals surface area contributed by atoms with E-state index in [9.17, 15) is 4.79 Å². The maximum absolute atomic E-state index is 12.6. The van der Waals surface area contributed by atoms with Crippen LogP contribution < -0.4 is 10.2 Å². The van der Waals surface area contributed by atoms with Gasteiger partial charge in [-0.1, -0.05) is 23.9 Å². The van der Waals surface area contributed by atoms with Gasteiger partial charge in [0.15, 0.2) is 0 Å². The van der Waals surface area contributed by atoms with E-state index in [4.69, 9.17) is 14.7 Å². The monoisotopic (exact) mass is 505 g/mol. The number of carbonyl (C=O) groups is 1. The zero-order chi connectivity index (χ0) is 23.8. The van der Waals surface area contributed by atoms with Gasteiger partial charge in [0.2, 0.25) is 5.91 Å². The number of ether oxygens (including phenoxy) is 1. The summed E-state index contributed by atoms with van der Waals surface area (Å²) in [7, 11) is 0. The Kier molecular flexibility index (Phi) is 6.30. The maximum Gasteiger partial charge on any atom is 0.234 e. The molecule has 7 nitrogen and oxygen atoms in total. The van der Waals surface area contributed by atoms with Crippen molar-refractivity contribution in [3.05, 3.63) is 47.3 Å². The summed E-state index contributed by atoms with van der Waals surface area (Å²) in [4.78, 5) is 30.4. The number of thiophene rings is 1. The Morgan fingerprint density at radius 2 is 2.00 bits per heavy atom. The summed E-state index contributed by atoms with van der Waals surface area (Å²) >= 11 is 3.11. The topological polar surface area (TPSA) is 80.2 Å². The number of aromatic nitrogens is 3. The van der Waals surface area contributed by atoms with Gasteiger partial charge in [-0.2, -0.15) is 0 Å². The Morgan fingerprint density at radius 3 is 2.83 bits per heavy atom. The molecule has 0 atom stereocenters. The molecule has 3 aromatic heterocycles. The van der Waals surface area contributed by atoms with Crippen molar-refractivity contribution in [3.63, 3.8) is 0 Å². The van der Waals surface area contributed by atoms with Gasteiger partial charge in [-0.05, 0) is 61.4 Å². The van der Waals surface area contributed by atoms with E-state index in [2.05, 4.69) is 15.2 Å². The third-order valence-electron chi connectivity index (χ3n) is 6.62.